The first-order chi connectivity index (χ1) is 7.18. The van der Waals surface area contributed by atoms with Crippen LogP contribution in [0, 0.1) is 5.82 Å². The summed E-state index contributed by atoms with van der Waals surface area (Å²) in [6, 6.07) is 4.62. The predicted molar refractivity (Wildman–Crippen MR) is 59.4 cm³/mol. The van der Waals surface area contributed by atoms with E-state index >= 15 is 0 Å². The molecule has 0 spiro atoms. The van der Waals surface area contributed by atoms with Gasteiger partial charge in [0.25, 0.3) is 0 Å². The van der Waals surface area contributed by atoms with Gasteiger partial charge in [-0.15, -0.1) is 0 Å². The smallest absolute Gasteiger partial charge is 0.147 e. The van der Waals surface area contributed by atoms with Crippen LogP contribution in [0.15, 0.2) is 36.9 Å². The topological polar surface area (TPSA) is 43.8 Å². The lowest BCUT2D eigenvalue weighted by atomic mass is 10.2. The number of aromatic nitrogens is 2. The molecule has 0 fully saturated rings. The standard InChI is InChI=1S/C10H8FN3S/c11-8-5-7(10(12)15)1-2-9(8)14-4-3-13-6-14/h1-6H,(H2,12,15). The summed E-state index contributed by atoms with van der Waals surface area (Å²) in [6.07, 6.45) is 4.78. The normalized spacial score (nSPS) is 10.2. The lowest BCUT2D eigenvalue weighted by Crippen LogP contribution is -2.10. The number of benzene rings is 1. The molecule has 15 heavy (non-hydrogen) atoms. The summed E-state index contributed by atoms with van der Waals surface area (Å²) in [5.74, 6) is -0.377. The Bertz CT molecular complexity index is 493. The van der Waals surface area contributed by atoms with Crippen LogP contribution in [0.2, 0.25) is 0 Å². The van der Waals surface area contributed by atoms with E-state index in [1.54, 1.807) is 29.1 Å². The van der Waals surface area contributed by atoms with E-state index in [1.165, 1.54) is 12.4 Å². The molecule has 0 radical (unpaired) electrons. The van der Waals surface area contributed by atoms with E-state index in [0.29, 0.717) is 11.3 Å². The summed E-state index contributed by atoms with van der Waals surface area (Å²) in [6.45, 7) is 0. The molecule has 0 bridgehead atoms. The molecular weight excluding hydrogens is 213 g/mol. The van der Waals surface area contributed by atoms with Crippen LogP contribution in [0.4, 0.5) is 4.39 Å². The number of halogens is 1. The Labute approximate surface area is 91.4 Å². The second-order valence-corrected chi connectivity index (χ2v) is 3.44. The van der Waals surface area contributed by atoms with E-state index < -0.39 is 0 Å². The van der Waals surface area contributed by atoms with Gasteiger partial charge in [0.05, 0.1) is 12.0 Å². The monoisotopic (exact) mass is 221 g/mol. The zero-order valence-electron chi connectivity index (χ0n) is 7.72. The summed E-state index contributed by atoms with van der Waals surface area (Å²) in [4.78, 5) is 4.03. The van der Waals surface area contributed by atoms with Crippen molar-refractivity contribution in [2.75, 3.05) is 0 Å². The fourth-order valence-electron chi connectivity index (χ4n) is 1.27. The molecule has 0 amide bonds. The Balaban J connectivity index is 2.48. The van der Waals surface area contributed by atoms with E-state index in [9.17, 15) is 4.39 Å². The molecule has 5 heteroatoms. The third-order valence-electron chi connectivity index (χ3n) is 2.01. The molecule has 0 saturated carbocycles. The first-order valence-electron chi connectivity index (χ1n) is 4.26. The molecule has 1 aromatic carbocycles. The highest BCUT2D eigenvalue weighted by Gasteiger charge is 2.06. The Morgan fingerprint density at radius 2 is 2.27 bits per heavy atom. The zero-order valence-corrected chi connectivity index (χ0v) is 8.54. The van der Waals surface area contributed by atoms with Gasteiger partial charge < -0.3 is 10.3 Å². The summed E-state index contributed by atoms with van der Waals surface area (Å²) in [7, 11) is 0. The van der Waals surface area contributed by atoms with Crippen molar-refractivity contribution in [2.45, 2.75) is 0 Å². The SMILES string of the molecule is NC(=S)c1ccc(-n2ccnc2)c(F)c1. The van der Waals surface area contributed by atoms with Gasteiger partial charge in [-0.3, -0.25) is 0 Å². The molecule has 2 aromatic rings. The van der Waals surface area contributed by atoms with Crippen LogP contribution in [0.3, 0.4) is 0 Å². The van der Waals surface area contributed by atoms with Crippen molar-refractivity contribution in [3.63, 3.8) is 0 Å². The van der Waals surface area contributed by atoms with Crippen LogP contribution in [-0.4, -0.2) is 14.5 Å². The van der Waals surface area contributed by atoms with Crippen LogP contribution in [-0.2, 0) is 0 Å². The highest BCUT2D eigenvalue weighted by atomic mass is 32.1. The molecule has 0 aliphatic carbocycles. The van der Waals surface area contributed by atoms with Gasteiger partial charge in [0.15, 0.2) is 0 Å². The quantitative estimate of drug-likeness (QED) is 0.784. The van der Waals surface area contributed by atoms with Gasteiger partial charge in [-0.1, -0.05) is 12.2 Å². The molecule has 2 rings (SSSR count). The maximum atomic E-state index is 13.6. The molecule has 1 heterocycles. The molecule has 0 unspecified atom stereocenters. The van der Waals surface area contributed by atoms with Crippen LogP contribution in [0.1, 0.15) is 5.56 Å². The molecule has 1 aromatic heterocycles. The molecule has 2 N–H and O–H groups in total. The Morgan fingerprint density at radius 3 is 2.80 bits per heavy atom. The van der Waals surface area contributed by atoms with Crippen molar-refractivity contribution in [1.82, 2.24) is 9.55 Å². The van der Waals surface area contributed by atoms with Gasteiger partial charge in [-0.2, -0.15) is 0 Å². The highest BCUT2D eigenvalue weighted by Crippen LogP contribution is 2.14. The number of imidazole rings is 1. The van der Waals surface area contributed by atoms with Crippen molar-refractivity contribution < 1.29 is 4.39 Å². The molecule has 0 atom stereocenters. The van der Waals surface area contributed by atoms with Crippen molar-refractivity contribution in [1.29, 1.82) is 0 Å². The van der Waals surface area contributed by atoms with Crippen LogP contribution in [0.25, 0.3) is 5.69 Å². The van der Waals surface area contributed by atoms with Crippen molar-refractivity contribution in [3.8, 4) is 5.69 Å². The van der Waals surface area contributed by atoms with Crippen LogP contribution in [0.5, 0.6) is 0 Å². The second kappa shape index (κ2) is 3.78. The Hall–Kier alpha value is -1.75. The number of thiocarbonyl (C=S) groups is 1. The van der Waals surface area contributed by atoms with E-state index in [1.807, 2.05) is 0 Å². The zero-order chi connectivity index (χ0) is 10.8. The minimum atomic E-state index is -0.377. The molecule has 0 aliphatic heterocycles. The minimum Gasteiger partial charge on any atom is -0.389 e. The largest absolute Gasteiger partial charge is 0.389 e. The first kappa shape index (κ1) is 9.79. The molecule has 0 aliphatic rings. The van der Waals surface area contributed by atoms with Crippen LogP contribution < -0.4 is 5.73 Å². The molecule has 3 nitrogen and oxygen atoms in total. The lowest BCUT2D eigenvalue weighted by Gasteiger charge is -2.05. The van der Waals surface area contributed by atoms with Crippen molar-refractivity contribution >= 4 is 17.2 Å². The third-order valence-corrected chi connectivity index (χ3v) is 2.25. The average Bonchev–Trinajstić information content (AvgIpc) is 2.70. The van der Waals surface area contributed by atoms with Crippen LogP contribution >= 0.6 is 12.2 Å². The second-order valence-electron chi connectivity index (χ2n) is 3.00. The summed E-state index contributed by atoms with van der Waals surface area (Å²) in [5, 5.41) is 0. The van der Waals surface area contributed by atoms with Gasteiger partial charge in [0, 0.05) is 18.0 Å². The van der Waals surface area contributed by atoms with Gasteiger partial charge in [0.1, 0.15) is 10.8 Å². The number of rotatable bonds is 2. The number of nitrogens with zero attached hydrogens (tertiary/aromatic N) is 2. The average molecular weight is 221 g/mol. The van der Waals surface area contributed by atoms with Gasteiger partial charge >= 0.3 is 0 Å². The Morgan fingerprint density at radius 1 is 1.47 bits per heavy atom. The predicted octanol–water partition coefficient (Wildman–Crippen LogP) is 1.65. The van der Waals surface area contributed by atoms with Gasteiger partial charge in [-0.05, 0) is 18.2 Å². The highest BCUT2D eigenvalue weighted by molar-refractivity contribution is 7.80. The molecule has 0 saturated heterocycles. The maximum Gasteiger partial charge on any atom is 0.147 e. The third kappa shape index (κ3) is 1.87. The number of nitrogens with two attached hydrogens (primary N) is 1. The fraction of sp³-hybridized carbons (Fsp3) is 0. The number of hydrogen-bond acceptors (Lipinski definition) is 2. The first-order valence-corrected chi connectivity index (χ1v) is 4.67. The molecule has 76 valence electrons. The Kier molecular flexibility index (Phi) is 2.47. The lowest BCUT2D eigenvalue weighted by molar-refractivity contribution is 0.618. The minimum absolute atomic E-state index is 0.186. The summed E-state index contributed by atoms with van der Waals surface area (Å²) >= 11 is 4.76. The number of hydrogen-bond donors (Lipinski definition) is 1. The van der Waals surface area contributed by atoms with Gasteiger partial charge in [0.2, 0.25) is 0 Å². The summed E-state index contributed by atoms with van der Waals surface area (Å²) < 4.78 is 15.2. The van der Waals surface area contributed by atoms with Gasteiger partial charge in [-0.25, -0.2) is 9.37 Å². The van der Waals surface area contributed by atoms with Crippen molar-refractivity contribution in [3.05, 3.63) is 48.3 Å². The van der Waals surface area contributed by atoms with E-state index in [-0.39, 0.29) is 10.8 Å². The van der Waals surface area contributed by atoms with E-state index in [0.717, 1.165) is 0 Å². The summed E-state index contributed by atoms with van der Waals surface area (Å²) in [5.41, 5.74) is 6.34. The van der Waals surface area contributed by atoms with E-state index in [2.05, 4.69) is 4.98 Å². The fourth-order valence-corrected chi connectivity index (χ4v) is 1.40. The molecular formula is C10H8FN3S. The van der Waals surface area contributed by atoms with Crippen molar-refractivity contribution in [2.24, 2.45) is 5.73 Å². The maximum absolute atomic E-state index is 13.6. The van der Waals surface area contributed by atoms with E-state index in [4.69, 9.17) is 18.0 Å².